The third-order valence-electron chi connectivity index (χ3n) is 2.99. The van der Waals surface area contributed by atoms with Crippen LogP contribution in [0.3, 0.4) is 0 Å². The molecule has 1 aromatic carbocycles. The average Bonchev–Trinajstić information content (AvgIpc) is 2.88. The zero-order chi connectivity index (χ0) is 11.9. The first-order chi connectivity index (χ1) is 8.38. The van der Waals surface area contributed by atoms with Crippen molar-refractivity contribution in [2.75, 3.05) is 12.4 Å². The fourth-order valence-corrected chi connectivity index (χ4v) is 3.23. The van der Waals surface area contributed by atoms with E-state index in [0.717, 1.165) is 23.4 Å². The van der Waals surface area contributed by atoms with Crippen LogP contribution in [0.5, 0.6) is 5.75 Å². The van der Waals surface area contributed by atoms with Crippen molar-refractivity contribution >= 4 is 11.8 Å². The van der Waals surface area contributed by atoms with Crippen molar-refractivity contribution in [3.8, 4) is 11.8 Å². The number of benzene rings is 1. The Morgan fingerprint density at radius 3 is 2.59 bits per heavy atom. The minimum absolute atomic E-state index is 0.678. The lowest BCUT2D eigenvalue weighted by Crippen LogP contribution is -2.04. The van der Waals surface area contributed by atoms with Crippen LogP contribution in [0.4, 0.5) is 0 Å². The fourth-order valence-electron chi connectivity index (χ4n) is 2.06. The molecule has 2 rings (SSSR count). The smallest absolute Gasteiger partial charge is 0.119 e. The number of nitriles is 1. The highest BCUT2D eigenvalue weighted by Gasteiger charge is 2.14. The van der Waals surface area contributed by atoms with Gasteiger partial charge >= 0.3 is 0 Å². The first-order valence-corrected chi connectivity index (χ1v) is 7.18. The van der Waals surface area contributed by atoms with Gasteiger partial charge in [0.25, 0.3) is 0 Å². The molecule has 1 aliphatic carbocycles. The van der Waals surface area contributed by atoms with Crippen LogP contribution in [-0.4, -0.2) is 17.6 Å². The number of nitrogens with zero attached hydrogens (tertiary/aromatic N) is 1. The summed E-state index contributed by atoms with van der Waals surface area (Å²) in [6.07, 6.45) is 5.55. The van der Waals surface area contributed by atoms with Gasteiger partial charge in [-0.2, -0.15) is 17.0 Å². The lowest BCUT2D eigenvalue weighted by Gasteiger charge is -2.09. The summed E-state index contributed by atoms with van der Waals surface area (Å²) in [4.78, 5) is 0. The van der Waals surface area contributed by atoms with E-state index in [1.807, 2.05) is 23.9 Å². The molecule has 17 heavy (non-hydrogen) atoms. The summed E-state index contributed by atoms with van der Waals surface area (Å²) < 4.78 is 5.64. The molecule has 0 N–H and O–H groups in total. The van der Waals surface area contributed by atoms with Crippen LogP contribution in [0.1, 0.15) is 31.2 Å². The number of thioether (sulfide) groups is 1. The first-order valence-electron chi connectivity index (χ1n) is 6.13. The molecular weight excluding hydrogens is 230 g/mol. The van der Waals surface area contributed by atoms with Crippen molar-refractivity contribution in [3.05, 3.63) is 29.8 Å². The second-order valence-electron chi connectivity index (χ2n) is 4.26. The molecule has 0 amide bonds. The molecule has 0 unspecified atom stereocenters. The zero-order valence-corrected chi connectivity index (χ0v) is 10.7. The molecule has 0 heterocycles. The second kappa shape index (κ2) is 6.56. The Balaban J connectivity index is 1.65. The Bertz CT molecular complexity index is 376. The molecule has 1 fully saturated rings. The molecule has 0 spiro atoms. The summed E-state index contributed by atoms with van der Waals surface area (Å²) in [7, 11) is 0. The Kier molecular flexibility index (Phi) is 4.75. The van der Waals surface area contributed by atoms with Gasteiger partial charge in [0.15, 0.2) is 0 Å². The van der Waals surface area contributed by atoms with Crippen molar-refractivity contribution in [3.63, 3.8) is 0 Å². The molecule has 1 saturated carbocycles. The maximum Gasteiger partial charge on any atom is 0.119 e. The first kappa shape index (κ1) is 12.3. The molecule has 0 radical (unpaired) electrons. The highest BCUT2D eigenvalue weighted by atomic mass is 32.2. The molecular formula is C14H17NOS. The van der Waals surface area contributed by atoms with E-state index in [1.54, 1.807) is 12.1 Å². The van der Waals surface area contributed by atoms with E-state index < -0.39 is 0 Å². The van der Waals surface area contributed by atoms with Crippen LogP contribution in [0.15, 0.2) is 24.3 Å². The highest BCUT2D eigenvalue weighted by molar-refractivity contribution is 7.99. The van der Waals surface area contributed by atoms with E-state index in [2.05, 4.69) is 6.07 Å². The molecule has 0 atom stereocenters. The van der Waals surface area contributed by atoms with E-state index in [4.69, 9.17) is 10.00 Å². The largest absolute Gasteiger partial charge is 0.493 e. The Morgan fingerprint density at radius 2 is 1.94 bits per heavy atom. The van der Waals surface area contributed by atoms with Gasteiger partial charge in [0.05, 0.1) is 18.2 Å². The SMILES string of the molecule is N#Cc1ccc(OCCSC2CCCC2)cc1. The molecule has 1 aliphatic rings. The fraction of sp³-hybridized carbons (Fsp3) is 0.500. The van der Waals surface area contributed by atoms with Gasteiger partial charge < -0.3 is 4.74 Å². The maximum absolute atomic E-state index is 8.67. The Labute approximate surface area is 107 Å². The van der Waals surface area contributed by atoms with E-state index in [0.29, 0.717) is 5.56 Å². The van der Waals surface area contributed by atoms with Gasteiger partial charge in [0, 0.05) is 11.0 Å². The van der Waals surface area contributed by atoms with Gasteiger partial charge in [-0.05, 0) is 37.1 Å². The van der Waals surface area contributed by atoms with Crippen molar-refractivity contribution in [2.45, 2.75) is 30.9 Å². The predicted octanol–water partition coefficient (Wildman–Crippen LogP) is 3.61. The minimum atomic E-state index is 0.678. The summed E-state index contributed by atoms with van der Waals surface area (Å²) >= 11 is 2.03. The summed E-state index contributed by atoms with van der Waals surface area (Å²) in [5.41, 5.74) is 0.678. The van der Waals surface area contributed by atoms with E-state index in [1.165, 1.54) is 25.7 Å². The maximum atomic E-state index is 8.67. The van der Waals surface area contributed by atoms with Gasteiger partial charge in [-0.25, -0.2) is 0 Å². The standard InChI is InChI=1S/C14H17NOS/c15-11-12-5-7-13(8-6-12)16-9-10-17-14-3-1-2-4-14/h5-8,14H,1-4,9-10H2. The van der Waals surface area contributed by atoms with Crippen LogP contribution in [0.2, 0.25) is 0 Å². The monoisotopic (exact) mass is 247 g/mol. The molecule has 2 nitrogen and oxygen atoms in total. The molecule has 3 heteroatoms. The lowest BCUT2D eigenvalue weighted by atomic mass is 10.2. The molecule has 0 bridgehead atoms. The summed E-state index contributed by atoms with van der Waals surface area (Å²) in [6, 6.07) is 9.40. The van der Waals surface area contributed by atoms with Crippen molar-refractivity contribution < 1.29 is 4.74 Å². The van der Waals surface area contributed by atoms with Crippen molar-refractivity contribution in [1.29, 1.82) is 5.26 Å². The third kappa shape index (κ3) is 3.98. The number of hydrogen-bond acceptors (Lipinski definition) is 3. The lowest BCUT2D eigenvalue weighted by molar-refractivity contribution is 0.344. The van der Waals surface area contributed by atoms with Gasteiger partial charge in [-0.1, -0.05) is 12.8 Å². The molecule has 0 aromatic heterocycles. The van der Waals surface area contributed by atoms with Crippen LogP contribution in [-0.2, 0) is 0 Å². The predicted molar refractivity (Wildman–Crippen MR) is 71.4 cm³/mol. The normalized spacial score (nSPS) is 15.7. The van der Waals surface area contributed by atoms with Gasteiger partial charge in [0.2, 0.25) is 0 Å². The van der Waals surface area contributed by atoms with Crippen LogP contribution < -0.4 is 4.74 Å². The van der Waals surface area contributed by atoms with Crippen LogP contribution >= 0.6 is 11.8 Å². The third-order valence-corrected chi connectivity index (χ3v) is 4.34. The zero-order valence-electron chi connectivity index (χ0n) is 9.89. The van der Waals surface area contributed by atoms with Crippen LogP contribution in [0.25, 0.3) is 0 Å². The van der Waals surface area contributed by atoms with E-state index >= 15 is 0 Å². The molecule has 0 aliphatic heterocycles. The van der Waals surface area contributed by atoms with Crippen molar-refractivity contribution in [1.82, 2.24) is 0 Å². The molecule has 90 valence electrons. The summed E-state index contributed by atoms with van der Waals surface area (Å²) in [6.45, 7) is 0.757. The van der Waals surface area contributed by atoms with Crippen molar-refractivity contribution in [2.24, 2.45) is 0 Å². The van der Waals surface area contributed by atoms with Crippen LogP contribution in [0, 0.1) is 11.3 Å². The quantitative estimate of drug-likeness (QED) is 0.745. The number of ether oxygens (including phenoxy) is 1. The summed E-state index contributed by atoms with van der Waals surface area (Å²) in [5.74, 6) is 1.92. The van der Waals surface area contributed by atoms with E-state index in [-0.39, 0.29) is 0 Å². The molecule has 0 saturated heterocycles. The average molecular weight is 247 g/mol. The summed E-state index contributed by atoms with van der Waals surface area (Å²) in [5, 5.41) is 9.53. The topological polar surface area (TPSA) is 33.0 Å². The van der Waals surface area contributed by atoms with Gasteiger partial charge in [-0.15, -0.1) is 0 Å². The Hall–Kier alpha value is -1.14. The van der Waals surface area contributed by atoms with Gasteiger partial charge in [0.1, 0.15) is 5.75 Å². The van der Waals surface area contributed by atoms with E-state index in [9.17, 15) is 0 Å². The number of hydrogen-bond donors (Lipinski definition) is 0. The Morgan fingerprint density at radius 1 is 1.24 bits per heavy atom. The number of rotatable bonds is 5. The second-order valence-corrected chi connectivity index (χ2v) is 5.67. The highest BCUT2D eigenvalue weighted by Crippen LogP contribution is 2.29. The minimum Gasteiger partial charge on any atom is -0.493 e. The molecule has 1 aromatic rings. The van der Waals surface area contributed by atoms with Gasteiger partial charge in [-0.3, -0.25) is 0 Å².